The highest BCUT2D eigenvalue weighted by Crippen LogP contribution is 2.10. The zero-order valence-electron chi connectivity index (χ0n) is 13.2. The molecule has 0 spiro atoms. The van der Waals surface area contributed by atoms with Gasteiger partial charge in [0.15, 0.2) is 0 Å². The van der Waals surface area contributed by atoms with E-state index in [1.165, 1.54) is 0 Å². The van der Waals surface area contributed by atoms with Crippen molar-refractivity contribution in [1.29, 1.82) is 0 Å². The summed E-state index contributed by atoms with van der Waals surface area (Å²) in [6.45, 7) is 4.78. The molecule has 0 heterocycles. The molecular formula is C17H24N2O2. The Morgan fingerprint density at radius 1 is 1.43 bits per heavy atom. The minimum Gasteiger partial charge on any atom is -0.395 e. The lowest BCUT2D eigenvalue weighted by Crippen LogP contribution is -2.39. The standard InChI is InChI=1S/C17H24N2O2/c1-13-8-9-16(11-15(13)7-5-6-10-20)17(21)18-14(2)12-19(3)4/h8-9,11,14,20H,6,10,12H2,1-4H3,(H,18,21). The lowest BCUT2D eigenvalue weighted by molar-refractivity contribution is 0.0934. The normalized spacial score (nSPS) is 11.7. The van der Waals surface area contributed by atoms with E-state index in [1.54, 1.807) is 6.07 Å². The van der Waals surface area contributed by atoms with Gasteiger partial charge in [-0.25, -0.2) is 0 Å². The number of aryl methyl sites for hydroxylation is 1. The average molecular weight is 288 g/mol. The smallest absolute Gasteiger partial charge is 0.251 e. The lowest BCUT2D eigenvalue weighted by Gasteiger charge is -2.18. The topological polar surface area (TPSA) is 52.6 Å². The van der Waals surface area contributed by atoms with E-state index in [0.29, 0.717) is 12.0 Å². The monoisotopic (exact) mass is 288 g/mol. The number of carbonyl (C=O) groups excluding carboxylic acids is 1. The summed E-state index contributed by atoms with van der Waals surface area (Å²) >= 11 is 0. The number of hydrogen-bond acceptors (Lipinski definition) is 3. The number of benzene rings is 1. The van der Waals surface area contributed by atoms with E-state index >= 15 is 0 Å². The number of nitrogens with one attached hydrogen (secondary N) is 1. The number of carbonyl (C=O) groups is 1. The van der Waals surface area contributed by atoms with Gasteiger partial charge in [0.1, 0.15) is 0 Å². The Balaban J connectivity index is 2.82. The van der Waals surface area contributed by atoms with Crippen LogP contribution in [0.4, 0.5) is 0 Å². The predicted octanol–water partition coefficient (Wildman–Crippen LogP) is 1.41. The molecule has 0 radical (unpaired) electrons. The molecule has 0 fully saturated rings. The Bertz CT molecular complexity index is 541. The van der Waals surface area contributed by atoms with Crippen LogP contribution in [0.15, 0.2) is 18.2 Å². The van der Waals surface area contributed by atoms with E-state index in [2.05, 4.69) is 17.2 Å². The van der Waals surface area contributed by atoms with Crippen LogP contribution < -0.4 is 5.32 Å². The van der Waals surface area contributed by atoms with E-state index in [9.17, 15) is 4.79 Å². The van der Waals surface area contributed by atoms with Gasteiger partial charge in [-0.15, -0.1) is 0 Å². The number of nitrogens with zero attached hydrogens (tertiary/aromatic N) is 1. The molecule has 4 nitrogen and oxygen atoms in total. The molecule has 0 saturated heterocycles. The second-order valence-corrected chi connectivity index (χ2v) is 5.44. The SMILES string of the molecule is Cc1ccc(C(=O)NC(C)CN(C)C)cc1C#CCCO. The van der Waals surface area contributed by atoms with Crippen molar-refractivity contribution >= 4 is 5.91 Å². The quantitative estimate of drug-likeness (QED) is 0.806. The number of aliphatic hydroxyl groups excluding tert-OH is 1. The van der Waals surface area contributed by atoms with Crippen LogP contribution in [0, 0.1) is 18.8 Å². The van der Waals surface area contributed by atoms with Crippen molar-refractivity contribution in [3.63, 3.8) is 0 Å². The lowest BCUT2D eigenvalue weighted by atomic mass is 10.0. The van der Waals surface area contributed by atoms with E-state index < -0.39 is 0 Å². The first kappa shape index (κ1) is 17.2. The van der Waals surface area contributed by atoms with Crippen molar-refractivity contribution in [2.75, 3.05) is 27.2 Å². The molecule has 2 N–H and O–H groups in total. The van der Waals surface area contributed by atoms with Crippen LogP contribution in [-0.4, -0.2) is 49.2 Å². The van der Waals surface area contributed by atoms with Crippen LogP contribution in [0.3, 0.4) is 0 Å². The van der Waals surface area contributed by atoms with Gasteiger partial charge in [-0.3, -0.25) is 4.79 Å². The fourth-order valence-electron chi connectivity index (χ4n) is 2.01. The van der Waals surface area contributed by atoms with Crippen molar-refractivity contribution in [1.82, 2.24) is 10.2 Å². The summed E-state index contributed by atoms with van der Waals surface area (Å²) in [5, 5.41) is 11.7. The molecule has 1 rings (SSSR count). The Morgan fingerprint density at radius 3 is 2.76 bits per heavy atom. The Labute approximate surface area is 127 Å². The molecule has 4 heteroatoms. The van der Waals surface area contributed by atoms with Crippen LogP contribution >= 0.6 is 0 Å². The fourth-order valence-corrected chi connectivity index (χ4v) is 2.01. The molecule has 1 atom stereocenters. The fraction of sp³-hybridized carbons (Fsp3) is 0.471. The third-order valence-corrected chi connectivity index (χ3v) is 2.98. The molecule has 1 unspecified atom stereocenters. The van der Waals surface area contributed by atoms with E-state index in [-0.39, 0.29) is 18.6 Å². The van der Waals surface area contributed by atoms with Crippen molar-refractivity contribution in [2.45, 2.75) is 26.3 Å². The largest absolute Gasteiger partial charge is 0.395 e. The minimum absolute atomic E-state index is 0.0499. The summed E-state index contributed by atoms with van der Waals surface area (Å²) in [6.07, 6.45) is 0.440. The molecule has 0 aromatic heterocycles. The van der Waals surface area contributed by atoms with Gasteiger partial charge < -0.3 is 15.3 Å². The van der Waals surface area contributed by atoms with Crippen LogP contribution in [0.2, 0.25) is 0 Å². The number of aliphatic hydroxyl groups is 1. The molecule has 114 valence electrons. The zero-order valence-corrected chi connectivity index (χ0v) is 13.2. The van der Waals surface area contributed by atoms with E-state index in [0.717, 1.165) is 17.7 Å². The van der Waals surface area contributed by atoms with Crippen LogP contribution in [0.1, 0.15) is 34.8 Å². The third-order valence-electron chi connectivity index (χ3n) is 2.98. The summed E-state index contributed by atoms with van der Waals surface area (Å²) in [6, 6.07) is 5.59. The summed E-state index contributed by atoms with van der Waals surface area (Å²) in [5.74, 6) is 5.79. The zero-order chi connectivity index (χ0) is 15.8. The van der Waals surface area contributed by atoms with Gasteiger partial charge in [0.25, 0.3) is 5.91 Å². The molecule has 0 saturated carbocycles. The first-order chi connectivity index (χ1) is 9.93. The summed E-state index contributed by atoms with van der Waals surface area (Å²) in [4.78, 5) is 14.2. The van der Waals surface area contributed by atoms with Crippen molar-refractivity contribution in [3.8, 4) is 11.8 Å². The molecule has 0 aliphatic rings. The first-order valence-electron chi connectivity index (χ1n) is 7.10. The van der Waals surface area contributed by atoms with Crippen LogP contribution in [-0.2, 0) is 0 Å². The van der Waals surface area contributed by atoms with Crippen molar-refractivity contribution < 1.29 is 9.90 Å². The van der Waals surface area contributed by atoms with Crippen LogP contribution in [0.5, 0.6) is 0 Å². The predicted molar refractivity (Wildman–Crippen MR) is 85.2 cm³/mol. The van der Waals surface area contributed by atoms with E-state index in [4.69, 9.17) is 5.11 Å². The number of amides is 1. The van der Waals surface area contributed by atoms with Gasteiger partial charge in [-0.1, -0.05) is 17.9 Å². The molecule has 1 aromatic carbocycles. The third kappa shape index (κ3) is 5.99. The van der Waals surface area contributed by atoms with Gasteiger partial charge in [-0.2, -0.15) is 0 Å². The highest BCUT2D eigenvalue weighted by Gasteiger charge is 2.11. The maximum atomic E-state index is 12.2. The number of hydrogen-bond donors (Lipinski definition) is 2. The van der Waals surface area contributed by atoms with E-state index in [1.807, 2.05) is 45.0 Å². The second kappa shape index (κ2) is 8.46. The van der Waals surface area contributed by atoms with Gasteiger partial charge in [0.2, 0.25) is 0 Å². The summed E-state index contributed by atoms with van der Waals surface area (Å²) in [7, 11) is 3.95. The molecular weight excluding hydrogens is 264 g/mol. The maximum absolute atomic E-state index is 12.2. The Hall–Kier alpha value is -1.83. The summed E-state index contributed by atoms with van der Waals surface area (Å²) in [5.41, 5.74) is 2.47. The minimum atomic E-state index is -0.0884. The highest BCUT2D eigenvalue weighted by atomic mass is 16.2. The molecule has 0 aliphatic heterocycles. The molecule has 1 aromatic rings. The summed E-state index contributed by atoms with van der Waals surface area (Å²) < 4.78 is 0. The molecule has 0 aliphatic carbocycles. The van der Waals surface area contributed by atoms with Crippen molar-refractivity contribution in [3.05, 3.63) is 34.9 Å². The van der Waals surface area contributed by atoms with Gasteiger partial charge in [0, 0.05) is 30.1 Å². The number of likely N-dealkylation sites (N-methyl/N-ethyl adjacent to an activating group) is 1. The molecule has 0 bridgehead atoms. The van der Waals surface area contributed by atoms with Crippen LogP contribution in [0.25, 0.3) is 0 Å². The van der Waals surface area contributed by atoms with Gasteiger partial charge in [-0.05, 0) is 45.6 Å². The molecule has 1 amide bonds. The second-order valence-electron chi connectivity index (χ2n) is 5.44. The highest BCUT2D eigenvalue weighted by molar-refractivity contribution is 5.94. The van der Waals surface area contributed by atoms with Crippen molar-refractivity contribution in [2.24, 2.45) is 0 Å². The first-order valence-corrected chi connectivity index (χ1v) is 7.10. The Morgan fingerprint density at radius 2 is 2.14 bits per heavy atom. The molecule has 21 heavy (non-hydrogen) atoms. The van der Waals surface area contributed by atoms with Gasteiger partial charge in [0.05, 0.1) is 6.61 Å². The maximum Gasteiger partial charge on any atom is 0.251 e. The number of rotatable bonds is 5. The average Bonchev–Trinajstić information content (AvgIpc) is 2.39. The Kier molecular flexibility index (Phi) is 6.93. The van der Waals surface area contributed by atoms with Gasteiger partial charge >= 0.3 is 0 Å².